The second kappa shape index (κ2) is 7.20. The molecule has 0 atom stereocenters. The first-order chi connectivity index (χ1) is 12.4. The number of nitrogens with zero attached hydrogens (tertiary/aromatic N) is 5. The fourth-order valence-electron chi connectivity index (χ4n) is 2.81. The van der Waals surface area contributed by atoms with Crippen LogP contribution in [0.15, 0.2) is 18.5 Å². The Labute approximate surface area is 148 Å². The Morgan fingerprint density at radius 3 is 2.42 bits per heavy atom. The first kappa shape index (κ1) is 18.0. The van der Waals surface area contributed by atoms with E-state index in [2.05, 4.69) is 15.1 Å². The Morgan fingerprint density at radius 2 is 1.77 bits per heavy atom. The van der Waals surface area contributed by atoms with Gasteiger partial charge in [-0.3, -0.25) is 0 Å². The van der Waals surface area contributed by atoms with Gasteiger partial charge in [-0.1, -0.05) is 0 Å². The number of halogens is 2. The molecule has 0 aliphatic rings. The van der Waals surface area contributed by atoms with Gasteiger partial charge in [-0.2, -0.15) is 19.6 Å². The minimum Gasteiger partial charge on any atom is -0.493 e. The van der Waals surface area contributed by atoms with E-state index in [0.717, 1.165) is 30.2 Å². The molecule has 7 nitrogen and oxygen atoms in total. The average molecular weight is 363 g/mol. The molecule has 0 fully saturated rings. The summed E-state index contributed by atoms with van der Waals surface area (Å²) in [5.41, 5.74) is -0.504. The number of rotatable bonds is 6. The molecule has 3 aromatic rings. The van der Waals surface area contributed by atoms with Crippen LogP contribution in [-0.4, -0.2) is 55.3 Å². The van der Waals surface area contributed by atoms with Crippen LogP contribution < -0.4 is 0 Å². The van der Waals surface area contributed by atoms with E-state index in [4.69, 9.17) is 0 Å². The van der Waals surface area contributed by atoms with Gasteiger partial charge < -0.3 is 15.1 Å². The van der Waals surface area contributed by atoms with Crippen LogP contribution in [0.25, 0.3) is 16.9 Å². The smallest absolute Gasteiger partial charge is 0.258 e. The van der Waals surface area contributed by atoms with Gasteiger partial charge in [0.15, 0.2) is 0 Å². The highest BCUT2D eigenvalue weighted by atomic mass is 19.1. The van der Waals surface area contributed by atoms with E-state index in [1.807, 2.05) is 19.0 Å². The number of fused-ring (bicyclic) bond motifs is 1. The van der Waals surface area contributed by atoms with E-state index < -0.39 is 34.5 Å². The summed E-state index contributed by atoms with van der Waals surface area (Å²) in [6.45, 7) is 0.897. The van der Waals surface area contributed by atoms with Crippen molar-refractivity contribution >= 4 is 5.78 Å². The molecule has 0 saturated heterocycles. The molecule has 1 aromatic carbocycles. The first-order valence-electron chi connectivity index (χ1n) is 8.13. The second-order valence-electron chi connectivity index (χ2n) is 6.30. The number of aromatic nitrogens is 4. The highest BCUT2D eigenvalue weighted by molar-refractivity contribution is 5.75. The average Bonchev–Trinajstić information content (AvgIpc) is 3.02. The van der Waals surface area contributed by atoms with Crippen molar-refractivity contribution in [2.45, 2.75) is 19.3 Å². The van der Waals surface area contributed by atoms with Crippen LogP contribution in [-0.2, 0) is 6.42 Å². The Hall–Kier alpha value is -2.81. The third-order valence-corrected chi connectivity index (χ3v) is 4.06. The maximum Gasteiger partial charge on any atom is 0.258 e. The van der Waals surface area contributed by atoms with Gasteiger partial charge in [-0.05, 0) is 57.6 Å². The minimum atomic E-state index is -0.889. The van der Waals surface area contributed by atoms with Gasteiger partial charge >= 0.3 is 0 Å². The van der Waals surface area contributed by atoms with Gasteiger partial charge in [0.1, 0.15) is 23.5 Å². The quantitative estimate of drug-likeness (QED) is 0.654. The lowest BCUT2D eigenvalue weighted by Crippen LogP contribution is -2.12. The van der Waals surface area contributed by atoms with E-state index in [1.165, 1.54) is 12.1 Å². The molecule has 0 saturated carbocycles. The van der Waals surface area contributed by atoms with Gasteiger partial charge in [-0.25, -0.2) is 8.78 Å². The zero-order chi connectivity index (χ0) is 18.8. The topological polar surface area (TPSA) is 86.8 Å². The predicted molar refractivity (Wildman–Crippen MR) is 91.0 cm³/mol. The number of hydrogen-bond donors (Lipinski definition) is 2. The van der Waals surface area contributed by atoms with Gasteiger partial charge in [0.05, 0.1) is 5.56 Å². The van der Waals surface area contributed by atoms with Crippen LogP contribution in [0.1, 0.15) is 18.4 Å². The monoisotopic (exact) mass is 363 g/mol. The molecule has 0 aliphatic heterocycles. The van der Waals surface area contributed by atoms with Gasteiger partial charge in [0, 0.05) is 0 Å². The molecule has 26 heavy (non-hydrogen) atoms. The molecule has 0 radical (unpaired) electrons. The first-order valence-corrected chi connectivity index (χ1v) is 8.13. The molecule has 0 bridgehead atoms. The van der Waals surface area contributed by atoms with Crippen molar-refractivity contribution in [1.29, 1.82) is 0 Å². The summed E-state index contributed by atoms with van der Waals surface area (Å²) in [5.74, 6) is -3.22. The van der Waals surface area contributed by atoms with Crippen molar-refractivity contribution in [3.05, 3.63) is 35.7 Å². The molecule has 2 heterocycles. The summed E-state index contributed by atoms with van der Waals surface area (Å²) in [5, 5.41) is 24.0. The van der Waals surface area contributed by atoms with Gasteiger partial charge in [0.25, 0.3) is 5.78 Å². The van der Waals surface area contributed by atoms with Crippen molar-refractivity contribution < 1.29 is 19.0 Å². The third kappa shape index (κ3) is 3.43. The number of unbranched alkanes of at least 4 members (excludes halogenated alkanes) is 1. The number of aryl methyl sites for hydroxylation is 1. The number of hydrogen-bond acceptors (Lipinski definition) is 6. The van der Waals surface area contributed by atoms with E-state index in [9.17, 15) is 19.0 Å². The molecule has 0 aliphatic carbocycles. The molecular formula is C17H19F2N5O2. The SMILES string of the molecule is CN(C)CCCCc1cc(F)c(-c2c(O)nc3ncnn3c2O)c(F)c1. The Balaban J connectivity index is 1.94. The summed E-state index contributed by atoms with van der Waals surface area (Å²) < 4.78 is 30.0. The Morgan fingerprint density at radius 1 is 1.08 bits per heavy atom. The third-order valence-electron chi connectivity index (χ3n) is 4.06. The molecule has 2 aromatic heterocycles. The van der Waals surface area contributed by atoms with E-state index in [-0.39, 0.29) is 5.78 Å². The zero-order valence-corrected chi connectivity index (χ0v) is 14.4. The van der Waals surface area contributed by atoms with Crippen LogP contribution in [0, 0.1) is 11.6 Å². The fraction of sp³-hybridized carbons (Fsp3) is 0.353. The van der Waals surface area contributed by atoms with E-state index >= 15 is 0 Å². The molecule has 0 amide bonds. The standard InChI is InChI=1S/C17H19F2N5O2/c1-23(2)6-4-3-5-10-7-11(18)13(12(19)8-10)14-15(25)22-17-20-9-21-24(17)16(14)26/h7-9,26H,3-6H2,1-2H3,(H,20,21,22,25). The van der Waals surface area contributed by atoms with Crippen LogP contribution in [0.2, 0.25) is 0 Å². The molecule has 0 spiro atoms. The lowest BCUT2D eigenvalue weighted by Gasteiger charge is -2.12. The molecular weight excluding hydrogens is 344 g/mol. The fourth-order valence-corrected chi connectivity index (χ4v) is 2.81. The summed E-state index contributed by atoms with van der Waals surface area (Å²) in [7, 11) is 3.93. The van der Waals surface area contributed by atoms with Crippen molar-refractivity contribution in [2.24, 2.45) is 0 Å². The maximum absolute atomic E-state index is 14.6. The highest BCUT2D eigenvalue weighted by Gasteiger charge is 2.24. The van der Waals surface area contributed by atoms with Gasteiger partial charge in [-0.15, -0.1) is 0 Å². The molecule has 0 unspecified atom stereocenters. The van der Waals surface area contributed by atoms with Crippen LogP contribution in [0.5, 0.6) is 11.8 Å². The normalized spacial score (nSPS) is 11.6. The summed E-state index contributed by atoms with van der Waals surface area (Å²) in [6.07, 6.45) is 3.33. The number of benzene rings is 1. The lowest BCUT2D eigenvalue weighted by molar-refractivity contribution is 0.394. The van der Waals surface area contributed by atoms with Crippen molar-refractivity contribution in [2.75, 3.05) is 20.6 Å². The highest BCUT2D eigenvalue weighted by Crippen LogP contribution is 2.39. The van der Waals surface area contributed by atoms with Crippen molar-refractivity contribution in [3.63, 3.8) is 0 Å². The molecule has 9 heteroatoms. The van der Waals surface area contributed by atoms with Crippen LogP contribution in [0.4, 0.5) is 8.78 Å². The largest absolute Gasteiger partial charge is 0.493 e. The second-order valence-corrected chi connectivity index (χ2v) is 6.30. The summed E-state index contributed by atoms with van der Waals surface area (Å²) in [4.78, 5) is 9.46. The van der Waals surface area contributed by atoms with E-state index in [1.54, 1.807) is 0 Å². The molecule has 2 N–H and O–H groups in total. The zero-order valence-electron chi connectivity index (χ0n) is 14.4. The molecule has 138 valence electrons. The Bertz CT molecular complexity index is 919. The van der Waals surface area contributed by atoms with Gasteiger partial charge in [0.2, 0.25) is 11.8 Å². The lowest BCUT2D eigenvalue weighted by atomic mass is 10.0. The van der Waals surface area contributed by atoms with E-state index in [0.29, 0.717) is 12.0 Å². The van der Waals surface area contributed by atoms with Crippen LogP contribution >= 0.6 is 0 Å². The predicted octanol–water partition coefficient (Wildman–Crippen LogP) is 2.37. The van der Waals surface area contributed by atoms with Crippen molar-refractivity contribution in [3.8, 4) is 22.9 Å². The molecule has 3 rings (SSSR count). The Kier molecular flexibility index (Phi) is 4.99. The number of aromatic hydroxyl groups is 2. The van der Waals surface area contributed by atoms with Crippen molar-refractivity contribution in [1.82, 2.24) is 24.5 Å². The maximum atomic E-state index is 14.6. The summed E-state index contributed by atoms with van der Waals surface area (Å²) in [6, 6.07) is 2.41. The minimum absolute atomic E-state index is 0.0814. The summed E-state index contributed by atoms with van der Waals surface area (Å²) >= 11 is 0. The van der Waals surface area contributed by atoms with Crippen LogP contribution in [0.3, 0.4) is 0 Å².